The van der Waals surface area contributed by atoms with Crippen LogP contribution in [-0.4, -0.2) is 21.0 Å². The number of pyridine rings is 2. The van der Waals surface area contributed by atoms with E-state index in [0.29, 0.717) is 32.9 Å². The summed E-state index contributed by atoms with van der Waals surface area (Å²) in [6.45, 7) is 0. The molecule has 2 aromatic heterocycles. The Balaban J connectivity index is 1.92. The Morgan fingerprint density at radius 3 is 2.67 bits per heavy atom. The van der Waals surface area contributed by atoms with Crippen molar-refractivity contribution in [2.75, 3.05) is 0 Å². The minimum absolute atomic E-state index is 0.0846. The van der Waals surface area contributed by atoms with Crippen molar-refractivity contribution in [3.63, 3.8) is 0 Å². The molecule has 0 aliphatic rings. The number of aromatic nitrogens is 2. The first-order chi connectivity index (χ1) is 11.5. The minimum Gasteiger partial charge on any atom is -0.478 e. The number of nitrogens with zero attached hydrogens (tertiary/aromatic N) is 2. The fraction of sp³-hybridized carbons (Fsp3) is 0. The van der Waals surface area contributed by atoms with Crippen molar-refractivity contribution < 1.29 is 14.6 Å². The average molecular weight is 361 g/mol. The Morgan fingerprint density at radius 1 is 1.08 bits per heavy atom. The van der Waals surface area contributed by atoms with E-state index in [2.05, 4.69) is 9.97 Å². The molecule has 24 heavy (non-hydrogen) atoms. The summed E-state index contributed by atoms with van der Waals surface area (Å²) in [6, 6.07) is 11.5. The van der Waals surface area contributed by atoms with Gasteiger partial charge in [-0.1, -0.05) is 29.3 Å². The third-order valence-corrected chi connectivity index (χ3v) is 3.64. The van der Waals surface area contributed by atoms with E-state index in [1.165, 1.54) is 18.5 Å². The maximum atomic E-state index is 11.0. The van der Waals surface area contributed by atoms with Crippen molar-refractivity contribution in [1.29, 1.82) is 0 Å². The lowest BCUT2D eigenvalue weighted by atomic mass is 10.1. The van der Waals surface area contributed by atoms with Crippen molar-refractivity contribution in [1.82, 2.24) is 9.97 Å². The van der Waals surface area contributed by atoms with Crippen LogP contribution in [0.5, 0.6) is 11.6 Å². The van der Waals surface area contributed by atoms with Crippen LogP contribution in [0.3, 0.4) is 0 Å². The van der Waals surface area contributed by atoms with Crippen LogP contribution in [0.15, 0.2) is 54.9 Å². The van der Waals surface area contributed by atoms with E-state index in [1.807, 2.05) is 0 Å². The fourth-order valence-electron chi connectivity index (χ4n) is 2.00. The van der Waals surface area contributed by atoms with Crippen molar-refractivity contribution >= 4 is 29.2 Å². The molecule has 7 heteroatoms. The molecule has 120 valence electrons. The summed E-state index contributed by atoms with van der Waals surface area (Å²) in [5.74, 6) is -0.315. The molecule has 0 radical (unpaired) electrons. The summed E-state index contributed by atoms with van der Waals surface area (Å²) in [7, 11) is 0. The van der Waals surface area contributed by atoms with E-state index in [1.54, 1.807) is 36.4 Å². The van der Waals surface area contributed by atoms with Gasteiger partial charge < -0.3 is 9.84 Å². The molecule has 0 saturated heterocycles. The van der Waals surface area contributed by atoms with Crippen LogP contribution < -0.4 is 4.74 Å². The summed E-state index contributed by atoms with van der Waals surface area (Å²) >= 11 is 11.9. The smallest absolute Gasteiger partial charge is 0.337 e. The Labute approximate surface area is 147 Å². The lowest BCUT2D eigenvalue weighted by Gasteiger charge is -2.08. The molecular formula is C17H10Cl2N2O3. The van der Waals surface area contributed by atoms with Crippen LogP contribution >= 0.6 is 23.2 Å². The predicted molar refractivity (Wildman–Crippen MR) is 91.0 cm³/mol. The molecule has 3 rings (SSSR count). The minimum atomic E-state index is -1.05. The van der Waals surface area contributed by atoms with E-state index in [9.17, 15) is 4.79 Å². The van der Waals surface area contributed by atoms with E-state index in [-0.39, 0.29) is 5.56 Å². The van der Waals surface area contributed by atoms with E-state index in [0.717, 1.165) is 0 Å². The number of carboxylic acids is 1. The third kappa shape index (κ3) is 3.64. The maximum Gasteiger partial charge on any atom is 0.337 e. The summed E-state index contributed by atoms with van der Waals surface area (Å²) in [5.41, 5.74) is 1.19. The predicted octanol–water partition coefficient (Wildman–Crippen LogP) is 4.94. The number of ether oxygens (including phenoxy) is 1. The summed E-state index contributed by atoms with van der Waals surface area (Å²) in [5, 5.41) is 9.92. The lowest BCUT2D eigenvalue weighted by Crippen LogP contribution is -1.98. The topological polar surface area (TPSA) is 72.3 Å². The van der Waals surface area contributed by atoms with Crippen molar-refractivity contribution in [3.8, 4) is 22.9 Å². The molecule has 0 aliphatic carbocycles. The summed E-state index contributed by atoms with van der Waals surface area (Å²) in [4.78, 5) is 19.3. The second-order valence-electron chi connectivity index (χ2n) is 4.81. The number of carboxylic acid groups (broad SMARTS) is 1. The quantitative estimate of drug-likeness (QED) is 0.713. The highest BCUT2D eigenvalue weighted by Crippen LogP contribution is 2.31. The van der Waals surface area contributed by atoms with Gasteiger partial charge in [-0.25, -0.2) is 9.78 Å². The number of hydrogen-bond acceptors (Lipinski definition) is 4. The zero-order valence-electron chi connectivity index (χ0n) is 12.1. The van der Waals surface area contributed by atoms with Gasteiger partial charge in [-0.2, -0.15) is 0 Å². The molecular weight excluding hydrogens is 351 g/mol. The van der Waals surface area contributed by atoms with Crippen molar-refractivity contribution in [2.24, 2.45) is 0 Å². The van der Waals surface area contributed by atoms with Gasteiger partial charge in [0.05, 0.1) is 16.3 Å². The van der Waals surface area contributed by atoms with Gasteiger partial charge in [0.15, 0.2) is 0 Å². The van der Waals surface area contributed by atoms with Gasteiger partial charge in [-0.05, 0) is 30.3 Å². The van der Waals surface area contributed by atoms with Gasteiger partial charge >= 0.3 is 5.97 Å². The summed E-state index contributed by atoms with van der Waals surface area (Å²) < 4.78 is 5.67. The van der Waals surface area contributed by atoms with Crippen LogP contribution in [0.25, 0.3) is 11.3 Å². The number of aromatic carboxylic acids is 1. The van der Waals surface area contributed by atoms with Crippen molar-refractivity contribution in [2.45, 2.75) is 0 Å². The van der Waals surface area contributed by atoms with Gasteiger partial charge in [-0.15, -0.1) is 0 Å². The van der Waals surface area contributed by atoms with Gasteiger partial charge in [0.25, 0.3) is 0 Å². The first-order valence-electron chi connectivity index (χ1n) is 6.81. The van der Waals surface area contributed by atoms with Gasteiger partial charge in [0, 0.05) is 29.0 Å². The lowest BCUT2D eigenvalue weighted by molar-refractivity contribution is 0.0696. The first-order valence-corrected chi connectivity index (χ1v) is 7.57. The van der Waals surface area contributed by atoms with Crippen LogP contribution in [-0.2, 0) is 0 Å². The SMILES string of the molecule is O=C(O)c1cncc(-c2cccc(Oc3ccc(Cl)cc3Cl)n2)c1. The van der Waals surface area contributed by atoms with Crippen LogP contribution in [0.4, 0.5) is 0 Å². The fourth-order valence-corrected chi connectivity index (χ4v) is 2.45. The molecule has 3 aromatic rings. The zero-order valence-corrected chi connectivity index (χ0v) is 13.6. The molecule has 0 unspecified atom stereocenters. The first kappa shape index (κ1) is 16.2. The van der Waals surface area contributed by atoms with Crippen LogP contribution in [0.1, 0.15) is 10.4 Å². The number of halogens is 2. The molecule has 0 amide bonds. The molecule has 0 fully saturated rings. The monoisotopic (exact) mass is 360 g/mol. The standard InChI is InChI=1S/C17H10Cl2N2O3/c18-12-4-5-15(13(19)7-12)24-16-3-1-2-14(21-16)10-6-11(17(22)23)9-20-8-10/h1-9H,(H,22,23). The highest BCUT2D eigenvalue weighted by Gasteiger charge is 2.09. The number of carbonyl (C=O) groups is 1. The highest BCUT2D eigenvalue weighted by molar-refractivity contribution is 6.35. The van der Waals surface area contributed by atoms with Gasteiger partial charge in [0.1, 0.15) is 5.75 Å². The summed E-state index contributed by atoms with van der Waals surface area (Å²) in [6.07, 6.45) is 2.81. The molecule has 0 spiro atoms. The number of rotatable bonds is 4. The Kier molecular flexibility index (Phi) is 4.64. The van der Waals surface area contributed by atoms with E-state index < -0.39 is 5.97 Å². The second kappa shape index (κ2) is 6.86. The molecule has 0 atom stereocenters. The number of hydrogen-bond donors (Lipinski definition) is 1. The molecule has 1 aromatic carbocycles. The van der Waals surface area contributed by atoms with Gasteiger partial charge in [-0.3, -0.25) is 4.98 Å². The Bertz CT molecular complexity index is 916. The van der Waals surface area contributed by atoms with Gasteiger partial charge in [0.2, 0.25) is 5.88 Å². The van der Waals surface area contributed by atoms with E-state index in [4.69, 9.17) is 33.0 Å². The molecule has 0 saturated carbocycles. The van der Waals surface area contributed by atoms with E-state index >= 15 is 0 Å². The molecule has 0 aliphatic heterocycles. The zero-order chi connectivity index (χ0) is 17.1. The molecule has 1 N–H and O–H groups in total. The highest BCUT2D eigenvalue weighted by atomic mass is 35.5. The molecule has 0 bridgehead atoms. The number of benzene rings is 1. The Hall–Kier alpha value is -2.63. The van der Waals surface area contributed by atoms with Crippen molar-refractivity contribution in [3.05, 3.63) is 70.5 Å². The normalized spacial score (nSPS) is 10.4. The van der Waals surface area contributed by atoms with Crippen LogP contribution in [0, 0.1) is 0 Å². The Morgan fingerprint density at radius 2 is 1.92 bits per heavy atom. The average Bonchev–Trinajstić information content (AvgIpc) is 2.58. The third-order valence-electron chi connectivity index (χ3n) is 3.11. The second-order valence-corrected chi connectivity index (χ2v) is 5.65. The maximum absolute atomic E-state index is 11.0. The molecule has 5 nitrogen and oxygen atoms in total. The van der Waals surface area contributed by atoms with Crippen LogP contribution in [0.2, 0.25) is 10.0 Å². The molecule has 2 heterocycles. The largest absolute Gasteiger partial charge is 0.478 e.